The number of pyridine rings is 1. The normalized spacial score (nSPS) is 10.8. The molecule has 5 heteroatoms. The van der Waals surface area contributed by atoms with Gasteiger partial charge in [0.2, 0.25) is 0 Å². The van der Waals surface area contributed by atoms with Crippen molar-refractivity contribution in [1.29, 1.82) is 0 Å². The average Bonchev–Trinajstić information content (AvgIpc) is 2.37. The van der Waals surface area contributed by atoms with Gasteiger partial charge < -0.3 is 5.32 Å². The van der Waals surface area contributed by atoms with Gasteiger partial charge in [0, 0.05) is 11.8 Å². The van der Waals surface area contributed by atoms with E-state index in [2.05, 4.69) is 34.1 Å². The Morgan fingerprint density at radius 3 is 2.74 bits per heavy atom. The summed E-state index contributed by atoms with van der Waals surface area (Å²) in [7, 11) is 0. The van der Waals surface area contributed by atoms with Gasteiger partial charge >= 0.3 is 0 Å². The molecule has 0 atom stereocenters. The van der Waals surface area contributed by atoms with E-state index in [1.165, 1.54) is 6.33 Å². The standard InChI is InChI=1S/C14H17ClN4/c1-9(2)12-13(15)18-8-19-14(12)17-7-11-10(3)5-4-6-16-11/h4-6,8-9H,7H2,1-3H3,(H,17,18,19). The first-order chi connectivity index (χ1) is 9.09. The predicted molar refractivity (Wildman–Crippen MR) is 77.4 cm³/mol. The van der Waals surface area contributed by atoms with E-state index in [4.69, 9.17) is 11.6 Å². The van der Waals surface area contributed by atoms with Crippen LogP contribution in [0.1, 0.15) is 36.6 Å². The molecule has 2 rings (SSSR count). The lowest BCUT2D eigenvalue weighted by molar-refractivity contribution is 0.842. The van der Waals surface area contributed by atoms with E-state index in [0.717, 1.165) is 22.6 Å². The van der Waals surface area contributed by atoms with E-state index >= 15 is 0 Å². The lowest BCUT2D eigenvalue weighted by Gasteiger charge is -2.14. The first-order valence-electron chi connectivity index (χ1n) is 6.24. The highest BCUT2D eigenvalue weighted by molar-refractivity contribution is 6.30. The summed E-state index contributed by atoms with van der Waals surface area (Å²) in [6.07, 6.45) is 3.27. The van der Waals surface area contributed by atoms with Crippen LogP contribution in [0.4, 0.5) is 5.82 Å². The second kappa shape index (κ2) is 5.97. The fourth-order valence-corrected chi connectivity index (χ4v) is 2.25. The molecule has 0 spiro atoms. The minimum Gasteiger partial charge on any atom is -0.364 e. The molecule has 2 aromatic heterocycles. The molecule has 0 aliphatic rings. The number of aromatic nitrogens is 3. The van der Waals surface area contributed by atoms with Gasteiger partial charge in [0.25, 0.3) is 0 Å². The molecule has 0 fully saturated rings. The van der Waals surface area contributed by atoms with Gasteiger partial charge in [-0.2, -0.15) is 0 Å². The SMILES string of the molecule is Cc1cccnc1CNc1ncnc(Cl)c1C(C)C. The Hall–Kier alpha value is -1.68. The fourth-order valence-electron chi connectivity index (χ4n) is 1.90. The van der Waals surface area contributed by atoms with Crippen LogP contribution in [0.5, 0.6) is 0 Å². The lowest BCUT2D eigenvalue weighted by atomic mass is 10.1. The maximum atomic E-state index is 6.13. The molecule has 1 N–H and O–H groups in total. The van der Waals surface area contributed by atoms with Crippen molar-refractivity contribution in [3.63, 3.8) is 0 Å². The minimum atomic E-state index is 0.265. The lowest BCUT2D eigenvalue weighted by Crippen LogP contribution is -2.09. The summed E-state index contributed by atoms with van der Waals surface area (Å²) >= 11 is 6.13. The molecule has 0 aliphatic heterocycles. The zero-order chi connectivity index (χ0) is 13.8. The van der Waals surface area contributed by atoms with E-state index in [1.54, 1.807) is 6.20 Å². The van der Waals surface area contributed by atoms with Crippen molar-refractivity contribution in [2.45, 2.75) is 33.2 Å². The van der Waals surface area contributed by atoms with Crippen molar-refractivity contribution in [2.24, 2.45) is 0 Å². The maximum Gasteiger partial charge on any atom is 0.138 e. The summed E-state index contributed by atoms with van der Waals surface area (Å²) in [5, 5.41) is 3.80. The summed E-state index contributed by atoms with van der Waals surface area (Å²) < 4.78 is 0. The summed E-state index contributed by atoms with van der Waals surface area (Å²) in [5.74, 6) is 1.04. The average molecular weight is 277 g/mol. The van der Waals surface area contributed by atoms with Gasteiger partial charge in [0.15, 0.2) is 0 Å². The first-order valence-corrected chi connectivity index (χ1v) is 6.62. The zero-order valence-electron chi connectivity index (χ0n) is 11.3. The predicted octanol–water partition coefficient (Wildman–Crippen LogP) is 3.57. The molecule has 0 saturated carbocycles. The molecule has 19 heavy (non-hydrogen) atoms. The molecule has 0 bridgehead atoms. The first kappa shape index (κ1) is 13.7. The monoisotopic (exact) mass is 276 g/mol. The third kappa shape index (κ3) is 3.20. The Balaban J connectivity index is 2.21. The Kier molecular flexibility index (Phi) is 4.32. The molecule has 0 aliphatic carbocycles. The van der Waals surface area contributed by atoms with Gasteiger partial charge in [0.05, 0.1) is 12.2 Å². The van der Waals surface area contributed by atoms with Crippen LogP contribution in [0.3, 0.4) is 0 Å². The highest BCUT2D eigenvalue weighted by Crippen LogP contribution is 2.28. The highest BCUT2D eigenvalue weighted by Gasteiger charge is 2.13. The molecule has 0 unspecified atom stereocenters. The third-order valence-corrected chi connectivity index (χ3v) is 3.25. The summed E-state index contributed by atoms with van der Waals surface area (Å²) in [6, 6.07) is 3.97. The molecular weight excluding hydrogens is 260 g/mol. The number of hydrogen-bond acceptors (Lipinski definition) is 4. The van der Waals surface area contributed by atoms with E-state index < -0.39 is 0 Å². The van der Waals surface area contributed by atoms with Crippen molar-refractivity contribution in [1.82, 2.24) is 15.0 Å². The highest BCUT2D eigenvalue weighted by atomic mass is 35.5. The largest absolute Gasteiger partial charge is 0.364 e. The number of halogens is 1. The molecule has 0 saturated heterocycles. The van der Waals surface area contributed by atoms with Gasteiger partial charge in [-0.15, -0.1) is 0 Å². The summed E-state index contributed by atoms with van der Waals surface area (Å²) in [4.78, 5) is 12.7. The number of nitrogens with one attached hydrogen (secondary N) is 1. The number of aryl methyl sites for hydroxylation is 1. The van der Waals surface area contributed by atoms with Gasteiger partial charge in [0.1, 0.15) is 17.3 Å². The van der Waals surface area contributed by atoms with Crippen LogP contribution >= 0.6 is 11.6 Å². The van der Waals surface area contributed by atoms with Crippen molar-refractivity contribution in [2.75, 3.05) is 5.32 Å². The quantitative estimate of drug-likeness (QED) is 0.868. The molecule has 0 radical (unpaired) electrons. The molecular formula is C14H17ClN4. The van der Waals surface area contributed by atoms with Crippen molar-refractivity contribution in [3.8, 4) is 0 Å². The Morgan fingerprint density at radius 2 is 2.05 bits per heavy atom. The van der Waals surface area contributed by atoms with Crippen LogP contribution < -0.4 is 5.32 Å². The molecule has 2 heterocycles. The Bertz CT molecular complexity index is 569. The maximum absolute atomic E-state index is 6.13. The van der Waals surface area contributed by atoms with Crippen LogP contribution in [0.2, 0.25) is 5.15 Å². The zero-order valence-corrected chi connectivity index (χ0v) is 12.1. The van der Waals surface area contributed by atoms with Gasteiger partial charge in [-0.05, 0) is 24.5 Å². The minimum absolute atomic E-state index is 0.265. The van der Waals surface area contributed by atoms with Crippen molar-refractivity contribution < 1.29 is 0 Å². The number of nitrogens with zero attached hydrogens (tertiary/aromatic N) is 3. The van der Waals surface area contributed by atoms with E-state index in [9.17, 15) is 0 Å². The van der Waals surface area contributed by atoms with Crippen LogP contribution in [-0.4, -0.2) is 15.0 Å². The summed E-state index contributed by atoms with van der Waals surface area (Å²) in [5.41, 5.74) is 3.10. The topological polar surface area (TPSA) is 50.7 Å². The number of anilines is 1. The molecule has 0 aromatic carbocycles. The van der Waals surface area contributed by atoms with Gasteiger partial charge in [-0.25, -0.2) is 9.97 Å². The molecule has 100 valence electrons. The second-order valence-electron chi connectivity index (χ2n) is 4.70. The van der Waals surface area contributed by atoms with Gasteiger partial charge in [-0.3, -0.25) is 4.98 Å². The van der Waals surface area contributed by atoms with E-state index in [-0.39, 0.29) is 5.92 Å². The molecule has 0 amide bonds. The van der Waals surface area contributed by atoms with Crippen molar-refractivity contribution >= 4 is 17.4 Å². The Morgan fingerprint density at radius 1 is 1.26 bits per heavy atom. The van der Waals surface area contributed by atoms with Crippen LogP contribution in [0, 0.1) is 6.92 Å². The second-order valence-corrected chi connectivity index (χ2v) is 5.06. The number of hydrogen-bond donors (Lipinski definition) is 1. The molecule has 2 aromatic rings. The Labute approximate surface area is 118 Å². The number of rotatable bonds is 4. The molecule has 4 nitrogen and oxygen atoms in total. The fraction of sp³-hybridized carbons (Fsp3) is 0.357. The smallest absolute Gasteiger partial charge is 0.138 e. The van der Waals surface area contributed by atoms with Crippen LogP contribution in [0.25, 0.3) is 0 Å². The van der Waals surface area contributed by atoms with Crippen molar-refractivity contribution in [3.05, 3.63) is 46.6 Å². The summed E-state index contributed by atoms with van der Waals surface area (Å²) in [6.45, 7) is 6.81. The van der Waals surface area contributed by atoms with E-state index in [1.807, 2.05) is 19.1 Å². The van der Waals surface area contributed by atoms with E-state index in [0.29, 0.717) is 11.7 Å². The van der Waals surface area contributed by atoms with Crippen LogP contribution in [0.15, 0.2) is 24.7 Å². The van der Waals surface area contributed by atoms with Gasteiger partial charge in [-0.1, -0.05) is 31.5 Å². The third-order valence-electron chi connectivity index (χ3n) is 2.95. The van der Waals surface area contributed by atoms with Crippen LogP contribution in [-0.2, 0) is 6.54 Å².